The Morgan fingerprint density at radius 3 is 2.56 bits per heavy atom. The summed E-state index contributed by atoms with van der Waals surface area (Å²) in [6.45, 7) is 3.77. The molecule has 1 aliphatic heterocycles. The topological polar surface area (TPSA) is 3.24 Å². The second kappa shape index (κ2) is 2.14. The van der Waals surface area contributed by atoms with Gasteiger partial charge in [0.05, 0.1) is 0 Å². The molecule has 0 spiro atoms. The molecule has 52 valence electrons. The average molecular weight is 146 g/mol. The van der Waals surface area contributed by atoms with E-state index in [1.165, 1.54) is 19.5 Å². The van der Waals surface area contributed by atoms with Crippen LogP contribution in [0.4, 0.5) is 0 Å². The summed E-state index contributed by atoms with van der Waals surface area (Å²) in [4.78, 5) is 2.48. The first kappa shape index (κ1) is 5.99. The third-order valence-electron chi connectivity index (χ3n) is 2.46. The molecule has 2 unspecified atom stereocenters. The number of fused-ring (bicyclic) bond motifs is 1. The number of hydrogen-bond donors (Lipinski definition) is 0. The number of halogens is 1. The molecular formula is C7H12ClN. The van der Waals surface area contributed by atoms with Crippen molar-refractivity contribution in [3.8, 4) is 0 Å². The van der Waals surface area contributed by atoms with Crippen LogP contribution in [0.15, 0.2) is 0 Å². The zero-order valence-electron chi connectivity index (χ0n) is 5.52. The summed E-state index contributed by atoms with van der Waals surface area (Å²) in [5.74, 6) is 2.93. The summed E-state index contributed by atoms with van der Waals surface area (Å²) in [5, 5.41) is 0. The second-order valence-corrected chi connectivity index (χ2v) is 3.58. The number of piperidine rings is 1. The normalized spacial score (nSPS) is 41.0. The maximum atomic E-state index is 5.60. The molecule has 2 rings (SSSR count). The molecule has 2 atom stereocenters. The fraction of sp³-hybridized carbons (Fsp3) is 1.00. The minimum absolute atomic E-state index is 0.805. The Kier molecular flexibility index (Phi) is 1.42. The minimum Gasteiger partial charge on any atom is -0.302 e. The van der Waals surface area contributed by atoms with E-state index in [0.29, 0.717) is 0 Å². The van der Waals surface area contributed by atoms with Gasteiger partial charge in [0.2, 0.25) is 0 Å². The van der Waals surface area contributed by atoms with E-state index >= 15 is 0 Å². The van der Waals surface area contributed by atoms with Crippen molar-refractivity contribution in [3.63, 3.8) is 0 Å². The van der Waals surface area contributed by atoms with Crippen molar-refractivity contribution in [1.82, 2.24) is 4.90 Å². The molecule has 2 aliphatic rings. The summed E-state index contributed by atoms with van der Waals surface area (Å²) < 4.78 is 0. The van der Waals surface area contributed by atoms with E-state index in [1.54, 1.807) is 0 Å². The number of likely N-dealkylation sites (tertiary alicyclic amines) is 1. The van der Waals surface area contributed by atoms with E-state index in [-0.39, 0.29) is 0 Å². The number of nitrogens with zero attached hydrogens (tertiary/aromatic N) is 1. The molecule has 0 radical (unpaired) electrons. The molecule has 9 heavy (non-hydrogen) atoms. The van der Waals surface area contributed by atoms with Crippen LogP contribution in [0.5, 0.6) is 0 Å². The van der Waals surface area contributed by atoms with Gasteiger partial charge in [-0.3, -0.25) is 0 Å². The van der Waals surface area contributed by atoms with Crippen molar-refractivity contribution in [1.29, 1.82) is 0 Å². The van der Waals surface area contributed by atoms with Crippen molar-refractivity contribution in [2.75, 3.05) is 25.5 Å². The van der Waals surface area contributed by atoms with Gasteiger partial charge in [0, 0.05) is 25.5 Å². The molecular weight excluding hydrogens is 134 g/mol. The van der Waals surface area contributed by atoms with Crippen molar-refractivity contribution in [2.45, 2.75) is 6.42 Å². The highest BCUT2D eigenvalue weighted by Gasteiger charge is 2.44. The van der Waals surface area contributed by atoms with Gasteiger partial charge < -0.3 is 4.90 Å². The van der Waals surface area contributed by atoms with Crippen molar-refractivity contribution in [2.24, 2.45) is 11.8 Å². The second-order valence-electron chi connectivity index (χ2n) is 3.20. The molecule has 2 heteroatoms. The van der Waals surface area contributed by atoms with E-state index in [9.17, 15) is 0 Å². The lowest BCUT2D eigenvalue weighted by molar-refractivity contribution is 0.323. The van der Waals surface area contributed by atoms with Gasteiger partial charge in [-0.25, -0.2) is 0 Å². The van der Waals surface area contributed by atoms with E-state index in [1.807, 2.05) is 0 Å². The van der Waals surface area contributed by atoms with E-state index in [4.69, 9.17) is 11.6 Å². The summed E-state index contributed by atoms with van der Waals surface area (Å²) in [7, 11) is 0. The monoisotopic (exact) mass is 145 g/mol. The van der Waals surface area contributed by atoms with Crippen LogP contribution in [0.25, 0.3) is 0 Å². The van der Waals surface area contributed by atoms with Gasteiger partial charge in [-0.15, -0.1) is 11.6 Å². The van der Waals surface area contributed by atoms with Gasteiger partial charge in [-0.05, 0) is 18.3 Å². The van der Waals surface area contributed by atoms with E-state index in [2.05, 4.69) is 4.90 Å². The molecule has 1 aliphatic carbocycles. The van der Waals surface area contributed by atoms with Crippen molar-refractivity contribution >= 4 is 11.6 Å². The fourth-order valence-corrected chi connectivity index (χ4v) is 2.04. The quantitative estimate of drug-likeness (QED) is 0.528. The van der Waals surface area contributed by atoms with Gasteiger partial charge in [0.1, 0.15) is 0 Å². The van der Waals surface area contributed by atoms with Gasteiger partial charge in [-0.1, -0.05) is 0 Å². The maximum absolute atomic E-state index is 5.60. The molecule has 1 saturated heterocycles. The first-order chi connectivity index (χ1) is 4.40. The Balaban J connectivity index is 1.77. The van der Waals surface area contributed by atoms with Gasteiger partial charge in [0.25, 0.3) is 0 Å². The number of alkyl halides is 1. The van der Waals surface area contributed by atoms with Crippen LogP contribution in [0.2, 0.25) is 0 Å². The standard InChI is InChI=1S/C7H12ClN/c8-1-2-9-4-6-3-7(6)5-9/h6-7H,1-5H2. The highest BCUT2D eigenvalue weighted by molar-refractivity contribution is 6.18. The molecule has 0 aromatic carbocycles. The van der Waals surface area contributed by atoms with Crippen LogP contribution in [-0.2, 0) is 0 Å². The maximum Gasteiger partial charge on any atom is 0.0351 e. The van der Waals surface area contributed by atoms with E-state index in [0.717, 1.165) is 24.3 Å². The van der Waals surface area contributed by atoms with Gasteiger partial charge in [0.15, 0.2) is 0 Å². The minimum atomic E-state index is 0.805. The van der Waals surface area contributed by atoms with E-state index < -0.39 is 0 Å². The molecule has 0 aromatic rings. The summed E-state index contributed by atoms with van der Waals surface area (Å²) in [6, 6.07) is 0. The highest BCUT2D eigenvalue weighted by atomic mass is 35.5. The fourth-order valence-electron chi connectivity index (χ4n) is 1.80. The predicted molar refractivity (Wildman–Crippen MR) is 38.8 cm³/mol. The Morgan fingerprint density at radius 1 is 1.33 bits per heavy atom. The van der Waals surface area contributed by atoms with Gasteiger partial charge >= 0.3 is 0 Å². The highest BCUT2D eigenvalue weighted by Crippen LogP contribution is 2.44. The summed E-state index contributed by atoms with van der Waals surface area (Å²) in [5.41, 5.74) is 0. The lowest BCUT2D eigenvalue weighted by Gasteiger charge is -2.14. The molecule has 0 amide bonds. The number of hydrogen-bond acceptors (Lipinski definition) is 1. The lowest BCUT2D eigenvalue weighted by Crippen LogP contribution is -2.24. The SMILES string of the molecule is ClCCN1CC2CC2C1. The zero-order valence-corrected chi connectivity index (χ0v) is 6.27. The Labute approximate surface area is 61.0 Å². The molecule has 1 heterocycles. The molecule has 2 fully saturated rings. The summed E-state index contributed by atoms with van der Waals surface area (Å²) >= 11 is 5.60. The molecule has 1 nitrogen and oxygen atoms in total. The predicted octanol–water partition coefficient (Wildman–Crippen LogP) is 1.18. The smallest absolute Gasteiger partial charge is 0.0351 e. The Bertz CT molecular complexity index is 105. The van der Waals surface area contributed by atoms with Crippen LogP contribution in [0.3, 0.4) is 0 Å². The first-order valence-electron chi connectivity index (χ1n) is 3.68. The van der Waals surface area contributed by atoms with Crippen molar-refractivity contribution < 1.29 is 0 Å². The first-order valence-corrected chi connectivity index (χ1v) is 4.22. The molecule has 0 bridgehead atoms. The van der Waals surface area contributed by atoms with Crippen LogP contribution >= 0.6 is 11.6 Å². The summed E-state index contributed by atoms with van der Waals surface area (Å²) in [6.07, 6.45) is 1.50. The molecule has 1 saturated carbocycles. The Hall–Kier alpha value is 0.250. The third kappa shape index (κ3) is 1.08. The Morgan fingerprint density at radius 2 is 2.00 bits per heavy atom. The van der Waals surface area contributed by atoms with Crippen LogP contribution in [-0.4, -0.2) is 30.4 Å². The van der Waals surface area contributed by atoms with Crippen molar-refractivity contribution in [3.05, 3.63) is 0 Å². The molecule has 0 N–H and O–H groups in total. The van der Waals surface area contributed by atoms with Crippen LogP contribution in [0, 0.1) is 11.8 Å². The van der Waals surface area contributed by atoms with Gasteiger partial charge in [-0.2, -0.15) is 0 Å². The lowest BCUT2D eigenvalue weighted by atomic mass is 10.4. The average Bonchev–Trinajstić information content (AvgIpc) is 2.42. The molecule has 0 aromatic heterocycles. The number of rotatable bonds is 2. The van der Waals surface area contributed by atoms with Crippen LogP contribution < -0.4 is 0 Å². The largest absolute Gasteiger partial charge is 0.302 e. The zero-order chi connectivity index (χ0) is 6.27. The third-order valence-corrected chi connectivity index (χ3v) is 2.62. The van der Waals surface area contributed by atoms with Crippen LogP contribution in [0.1, 0.15) is 6.42 Å².